The number of methoxy groups -OCH3 is 2. The normalized spacial score (nSPS) is 10.3. The van der Waals surface area contributed by atoms with E-state index in [2.05, 4.69) is 4.74 Å². The fourth-order valence-electron chi connectivity index (χ4n) is 1.52. The number of rotatable bonds is 4. The molecule has 0 aliphatic rings. The molecule has 0 saturated carbocycles. The van der Waals surface area contributed by atoms with E-state index in [4.69, 9.17) is 9.47 Å². The molecule has 1 rings (SSSR count). The van der Waals surface area contributed by atoms with Gasteiger partial charge in [0.2, 0.25) is 0 Å². The van der Waals surface area contributed by atoms with E-state index in [1.807, 2.05) is 0 Å². The molecule has 102 valence electrons. The first-order valence-corrected chi connectivity index (χ1v) is 5.61. The van der Waals surface area contributed by atoms with Crippen molar-refractivity contribution in [3.8, 4) is 11.5 Å². The fourth-order valence-corrected chi connectivity index (χ4v) is 1.52. The Bertz CT molecular complexity index is 517. The van der Waals surface area contributed by atoms with Crippen molar-refractivity contribution in [1.82, 2.24) is 0 Å². The third-order valence-corrected chi connectivity index (χ3v) is 2.34. The zero-order chi connectivity index (χ0) is 14.4. The molecule has 5 nitrogen and oxygen atoms in total. The van der Waals surface area contributed by atoms with Gasteiger partial charge in [0.05, 0.1) is 14.2 Å². The van der Waals surface area contributed by atoms with Crippen LogP contribution >= 0.6 is 0 Å². The molecule has 0 aliphatic heterocycles. The molecule has 0 heterocycles. The van der Waals surface area contributed by atoms with Gasteiger partial charge in [0.25, 0.3) is 0 Å². The van der Waals surface area contributed by atoms with E-state index >= 15 is 0 Å². The molecule has 0 spiro atoms. The van der Waals surface area contributed by atoms with Crippen molar-refractivity contribution >= 4 is 18.0 Å². The Morgan fingerprint density at radius 3 is 2.42 bits per heavy atom. The Hall–Kier alpha value is -2.30. The molecular weight excluding hydrogens is 248 g/mol. The van der Waals surface area contributed by atoms with E-state index in [1.165, 1.54) is 27.2 Å². The first kappa shape index (κ1) is 14.8. The SMILES string of the molecule is COC(=O)C=Cc1cc(C)c(OC(C)=O)c(OC)c1. The number of ether oxygens (including phenoxy) is 3. The van der Waals surface area contributed by atoms with Crippen LogP contribution in [0, 0.1) is 6.92 Å². The summed E-state index contributed by atoms with van der Waals surface area (Å²) in [5, 5.41) is 0. The predicted molar refractivity (Wildman–Crippen MR) is 70.1 cm³/mol. The van der Waals surface area contributed by atoms with Crippen molar-refractivity contribution in [2.24, 2.45) is 0 Å². The zero-order valence-corrected chi connectivity index (χ0v) is 11.4. The number of hydrogen-bond acceptors (Lipinski definition) is 5. The number of benzene rings is 1. The van der Waals surface area contributed by atoms with E-state index in [1.54, 1.807) is 25.1 Å². The van der Waals surface area contributed by atoms with E-state index in [-0.39, 0.29) is 0 Å². The second kappa shape index (κ2) is 6.58. The van der Waals surface area contributed by atoms with Gasteiger partial charge in [-0.05, 0) is 36.3 Å². The Morgan fingerprint density at radius 2 is 1.89 bits per heavy atom. The first-order chi connectivity index (χ1) is 8.97. The van der Waals surface area contributed by atoms with E-state index in [0.29, 0.717) is 11.5 Å². The van der Waals surface area contributed by atoms with Gasteiger partial charge in [-0.3, -0.25) is 4.79 Å². The van der Waals surface area contributed by atoms with E-state index in [9.17, 15) is 9.59 Å². The number of carbonyl (C=O) groups excluding carboxylic acids is 2. The van der Waals surface area contributed by atoms with Gasteiger partial charge in [0.15, 0.2) is 11.5 Å². The Morgan fingerprint density at radius 1 is 1.21 bits per heavy atom. The van der Waals surface area contributed by atoms with Crippen molar-refractivity contribution in [2.45, 2.75) is 13.8 Å². The number of aryl methyl sites for hydroxylation is 1. The standard InChI is InChI=1S/C14H16O5/c1-9-7-11(5-6-13(16)18-4)8-12(17-3)14(9)19-10(2)15/h5-8H,1-4H3. The molecule has 0 radical (unpaired) electrons. The summed E-state index contributed by atoms with van der Waals surface area (Å²) in [6, 6.07) is 3.45. The van der Waals surface area contributed by atoms with Crippen molar-refractivity contribution in [1.29, 1.82) is 0 Å². The van der Waals surface area contributed by atoms with Crippen LogP contribution in [0.4, 0.5) is 0 Å². The minimum Gasteiger partial charge on any atom is -0.493 e. The number of hydrogen-bond donors (Lipinski definition) is 0. The van der Waals surface area contributed by atoms with Crippen LogP contribution < -0.4 is 9.47 Å². The molecule has 0 atom stereocenters. The van der Waals surface area contributed by atoms with Gasteiger partial charge in [0, 0.05) is 13.0 Å². The smallest absolute Gasteiger partial charge is 0.330 e. The second-order valence-electron chi connectivity index (χ2n) is 3.82. The van der Waals surface area contributed by atoms with Gasteiger partial charge in [-0.1, -0.05) is 0 Å². The largest absolute Gasteiger partial charge is 0.493 e. The third kappa shape index (κ3) is 4.13. The molecule has 0 N–H and O–H groups in total. The van der Waals surface area contributed by atoms with Crippen molar-refractivity contribution < 1.29 is 23.8 Å². The molecular formula is C14H16O5. The summed E-state index contributed by atoms with van der Waals surface area (Å²) in [7, 11) is 2.79. The highest BCUT2D eigenvalue weighted by atomic mass is 16.6. The van der Waals surface area contributed by atoms with Crippen molar-refractivity contribution in [3.63, 3.8) is 0 Å². The third-order valence-electron chi connectivity index (χ3n) is 2.34. The lowest BCUT2D eigenvalue weighted by Crippen LogP contribution is -2.05. The highest BCUT2D eigenvalue weighted by molar-refractivity contribution is 5.87. The van der Waals surface area contributed by atoms with Gasteiger partial charge >= 0.3 is 11.9 Å². The van der Waals surface area contributed by atoms with Crippen molar-refractivity contribution in [2.75, 3.05) is 14.2 Å². The minimum absolute atomic E-state index is 0.380. The quantitative estimate of drug-likeness (QED) is 0.473. The molecule has 1 aromatic carbocycles. The maximum Gasteiger partial charge on any atom is 0.330 e. The molecule has 19 heavy (non-hydrogen) atoms. The monoisotopic (exact) mass is 264 g/mol. The minimum atomic E-state index is -0.444. The maximum atomic E-state index is 11.0. The first-order valence-electron chi connectivity index (χ1n) is 5.61. The lowest BCUT2D eigenvalue weighted by atomic mass is 10.1. The average Bonchev–Trinajstić information content (AvgIpc) is 2.37. The summed E-state index contributed by atoms with van der Waals surface area (Å²) >= 11 is 0. The van der Waals surface area contributed by atoms with E-state index < -0.39 is 11.9 Å². The van der Waals surface area contributed by atoms with Crippen LogP contribution in [-0.4, -0.2) is 26.2 Å². The van der Waals surface area contributed by atoms with Crippen LogP contribution in [0.2, 0.25) is 0 Å². The lowest BCUT2D eigenvalue weighted by molar-refractivity contribution is -0.135. The lowest BCUT2D eigenvalue weighted by Gasteiger charge is -2.11. The van der Waals surface area contributed by atoms with Crippen LogP contribution in [0.15, 0.2) is 18.2 Å². The predicted octanol–water partition coefficient (Wildman–Crippen LogP) is 2.12. The number of esters is 2. The molecule has 0 amide bonds. The molecule has 0 bridgehead atoms. The van der Waals surface area contributed by atoms with Gasteiger partial charge in [0.1, 0.15) is 0 Å². The fraction of sp³-hybridized carbons (Fsp3) is 0.286. The number of carbonyl (C=O) groups is 2. The molecule has 1 aromatic rings. The van der Waals surface area contributed by atoms with Gasteiger partial charge in [-0.2, -0.15) is 0 Å². The average molecular weight is 264 g/mol. The Labute approximate surface area is 111 Å². The van der Waals surface area contributed by atoms with Crippen LogP contribution in [-0.2, 0) is 14.3 Å². The van der Waals surface area contributed by atoms with E-state index in [0.717, 1.165) is 11.1 Å². The Balaban J connectivity index is 3.12. The molecule has 0 fully saturated rings. The van der Waals surface area contributed by atoms with Crippen LogP contribution in [0.3, 0.4) is 0 Å². The van der Waals surface area contributed by atoms with Crippen molar-refractivity contribution in [3.05, 3.63) is 29.3 Å². The molecule has 0 aliphatic carbocycles. The van der Waals surface area contributed by atoms with Gasteiger partial charge in [-0.15, -0.1) is 0 Å². The zero-order valence-electron chi connectivity index (χ0n) is 11.4. The second-order valence-corrected chi connectivity index (χ2v) is 3.82. The summed E-state index contributed by atoms with van der Waals surface area (Å²) in [4.78, 5) is 22.0. The van der Waals surface area contributed by atoms with Gasteiger partial charge < -0.3 is 14.2 Å². The molecule has 0 unspecified atom stereocenters. The highest BCUT2D eigenvalue weighted by Crippen LogP contribution is 2.32. The molecule has 0 saturated heterocycles. The molecule has 0 aromatic heterocycles. The summed E-state index contributed by atoms with van der Waals surface area (Å²) in [6.45, 7) is 3.11. The topological polar surface area (TPSA) is 61.8 Å². The Kier molecular flexibility index (Phi) is 5.11. The summed E-state index contributed by atoms with van der Waals surface area (Å²) in [5.74, 6) is -0.0510. The van der Waals surface area contributed by atoms with Crippen LogP contribution in [0.5, 0.6) is 11.5 Å². The van der Waals surface area contributed by atoms with Crippen LogP contribution in [0.1, 0.15) is 18.1 Å². The van der Waals surface area contributed by atoms with Crippen LogP contribution in [0.25, 0.3) is 6.08 Å². The summed E-state index contributed by atoms with van der Waals surface area (Å²) < 4.78 is 14.8. The summed E-state index contributed by atoms with van der Waals surface area (Å²) in [5.41, 5.74) is 1.48. The highest BCUT2D eigenvalue weighted by Gasteiger charge is 2.11. The summed E-state index contributed by atoms with van der Waals surface area (Å²) in [6.07, 6.45) is 2.90. The molecule has 5 heteroatoms. The maximum absolute atomic E-state index is 11.0. The van der Waals surface area contributed by atoms with Gasteiger partial charge in [-0.25, -0.2) is 4.79 Å².